The largest absolute Gasteiger partial charge is 0.462 e. The molecule has 0 spiro atoms. The number of carbonyl (C=O) groups is 1. The normalized spacial score (nSPS) is 11.7. The Morgan fingerprint density at radius 2 is 1.33 bits per heavy atom. The van der Waals surface area contributed by atoms with Gasteiger partial charge >= 0.3 is 0 Å². The number of furan rings is 2. The first kappa shape index (κ1) is 12.2. The van der Waals surface area contributed by atoms with Crippen LogP contribution in [0.1, 0.15) is 23.0 Å². The monoisotopic (exact) mass is 242 g/mol. The van der Waals surface area contributed by atoms with E-state index in [1.807, 2.05) is 38.1 Å². The Balaban J connectivity index is 1.96. The molecule has 0 aliphatic carbocycles. The molecular weight excluding hydrogens is 228 g/mol. The fourth-order valence-electron chi connectivity index (χ4n) is 1.47. The van der Waals surface area contributed by atoms with Gasteiger partial charge in [-0.2, -0.15) is 0 Å². The van der Waals surface area contributed by atoms with Gasteiger partial charge in [0.1, 0.15) is 23.0 Å². The van der Waals surface area contributed by atoms with Crippen LogP contribution in [0.3, 0.4) is 0 Å². The van der Waals surface area contributed by atoms with E-state index in [-0.39, 0.29) is 5.78 Å². The van der Waals surface area contributed by atoms with Crippen LogP contribution in [0.5, 0.6) is 0 Å². The summed E-state index contributed by atoms with van der Waals surface area (Å²) in [6, 6.07) is 7.34. The molecule has 0 unspecified atom stereocenters. The molecule has 3 heteroatoms. The Hall–Kier alpha value is -2.29. The third-order valence-corrected chi connectivity index (χ3v) is 2.35. The summed E-state index contributed by atoms with van der Waals surface area (Å²) < 4.78 is 10.6. The topological polar surface area (TPSA) is 43.4 Å². The van der Waals surface area contributed by atoms with Gasteiger partial charge < -0.3 is 8.83 Å². The molecule has 0 aliphatic rings. The number of hydrogen-bond donors (Lipinski definition) is 0. The molecule has 92 valence electrons. The van der Waals surface area contributed by atoms with E-state index < -0.39 is 0 Å². The van der Waals surface area contributed by atoms with Crippen molar-refractivity contribution in [1.29, 1.82) is 0 Å². The molecule has 0 aromatic carbocycles. The summed E-state index contributed by atoms with van der Waals surface area (Å²) in [7, 11) is 0. The van der Waals surface area contributed by atoms with Crippen molar-refractivity contribution in [2.75, 3.05) is 0 Å². The molecule has 0 radical (unpaired) electrons. The van der Waals surface area contributed by atoms with Gasteiger partial charge in [-0.25, -0.2) is 0 Å². The van der Waals surface area contributed by atoms with Crippen LogP contribution >= 0.6 is 0 Å². The number of aryl methyl sites for hydroxylation is 2. The molecule has 2 heterocycles. The second-order valence-electron chi connectivity index (χ2n) is 3.97. The highest BCUT2D eigenvalue weighted by molar-refractivity contribution is 6.04. The van der Waals surface area contributed by atoms with Gasteiger partial charge in [-0.05, 0) is 62.4 Å². The highest BCUT2D eigenvalue weighted by Gasteiger charge is 1.96. The van der Waals surface area contributed by atoms with Crippen molar-refractivity contribution in [3.63, 3.8) is 0 Å². The van der Waals surface area contributed by atoms with Gasteiger partial charge in [0.2, 0.25) is 0 Å². The lowest BCUT2D eigenvalue weighted by molar-refractivity contribution is -0.110. The van der Waals surface area contributed by atoms with Crippen LogP contribution in [0.2, 0.25) is 0 Å². The van der Waals surface area contributed by atoms with E-state index in [1.54, 1.807) is 12.2 Å². The van der Waals surface area contributed by atoms with Crippen LogP contribution in [0.15, 0.2) is 45.3 Å². The summed E-state index contributed by atoms with van der Waals surface area (Å²) in [6.07, 6.45) is 6.22. The summed E-state index contributed by atoms with van der Waals surface area (Å²) in [4.78, 5) is 11.5. The predicted molar refractivity (Wildman–Crippen MR) is 70.0 cm³/mol. The molecular formula is C15H14O3. The quantitative estimate of drug-likeness (QED) is 0.766. The first-order valence-electron chi connectivity index (χ1n) is 5.66. The number of rotatable bonds is 4. The minimum Gasteiger partial charge on any atom is -0.462 e. The van der Waals surface area contributed by atoms with Crippen molar-refractivity contribution >= 4 is 17.9 Å². The third kappa shape index (κ3) is 3.35. The molecule has 0 aliphatic heterocycles. The SMILES string of the molecule is Cc1ccc(/C=C\C(=O)/C=C\c2ccc(C)o2)o1. The van der Waals surface area contributed by atoms with Crippen molar-refractivity contribution in [2.24, 2.45) is 0 Å². The summed E-state index contributed by atoms with van der Waals surface area (Å²) in [6.45, 7) is 3.72. The van der Waals surface area contributed by atoms with Crippen LogP contribution in [0.25, 0.3) is 12.2 Å². The van der Waals surface area contributed by atoms with Crippen LogP contribution < -0.4 is 0 Å². The maximum absolute atomic E-state index is 11.5. The molecule has 2 aromatic heterocycles. The molecule has 0 saturated carbocycles. The predicted octanol–water partition coefficient (Wildman–Crippen LogP) is 3.79. The van der Waals surface area contributed by atoms with Crippen molar-refractivity contribution in [1.82, 2.24) is 0 Å². The van der Waals surface area contributed by atoms with E-state index in [4.69, 9.17) is 8.83 Å². The molecule has 0 bridgehead atoms. The number of allylic oxidation sites excluding steroid dienone is 2. The lowest BCUT2D eigenvalue weighted by Crippen LogP contribution is -1.83. The summed E-state index contributed by atoms with van der Waals surface area (Å²) in [5, 5.41) is 0. The summed E-state index contributed by atoms with van der Waals surface area (Å²) in [5.41, 5.74) is 0. The Bertz CT molecular complexity index is 545. The highest BCUT2D eigenvalue weighted by atomic mass is 16.3. The van der Waals surface area contributed by atoms with Crippen LogP contribution in [-0.2, 0) is 4.79 Å². The molecule has 0 atom stereocenters. The Morgan fingerprint density at radius 1 is 0.889 bits per heavy atom. The minimum atomic E-state index is -0.113. The van der Waals surface area contributed by atoms with Crippen molar-refractivity contribution in [3.8, 4) is 0 Å². The smallest absolute Gasteiger partial charge is 0.178 e. The van der Waals surface area contributed by atoms with E-state index in [2.05, 4.69) is 0 Å². The number of carbonyl (C=O) groups excluding carboxylic acids is 1. The maximum atomic E-state index is 11.5. The minimum absolute atomic E-state index is 0.113. The second-order valence-corrected chi connectivity index (χ2v) is 3.97. The Labute approximate surface area is 105 Å². The molecule has 0 amide bonds. The van der Waals surface area contributed by atoms with Crippen molar-refractivity contribution < 1.29 is 13.6 Å². The van der Waals surface area contributed by atoms with Gasteiger partial charge in [-0.15, -0.1) is 0 Å². The van der Waals surface area contributed by atoms with Gasteiger partial charge in [0.25, 0.3) is 0 Å². The molecule has 0 fully saturated rings. The number of ketones is 1. The fraction of sp³-hybridized carbons (Fsp3) is 0.133. The Kier molecular flexibility index (Phi) is 3.63. The van der Waals surface area contributed by atoms with Gasteiger partial charge in [0, 0.05) is 0 Å². The molecule has 2 rings (SSSR count). The molecule has 0 N–H and O–H groups in total. The first-order valence-corrected chi connectivity index (χ1v) is 5.66. The van der Waals surface area contributed by atoms with Gasteiger partial charge in [-0.1, -0.05) is 0 Å². The van der Waals surface area contributed by atoms with Gasteiger partial charge in [0.05, 0.1) is 0 Å². The zero-order valence-electron chi connectivity index (χ0n) is 10.3. The van der Waals surface area contributed by atoms with E-state index in [0.29, 0.717) is 11.5 Å². The molecule has 18 heavy (non-hydrogen) atoms. The zero-order valence-corrected chi connectivity index (χ0v) is 10.3. The van der Waals surface area contributed by atoms with Crippen LogP contribution in [-0.4, -0.2) is 5.78 Å². The third-order valence-electron chi connectivity index (χ3n) is 2.35. The molecule has 2 aromatic rings. The summed E-state index contributed by atoms with van der Waals surface area (Å²) >= 11 is 0. The van der Waals surface area contributed by atoms with E-state index in [1.165, 1.54) is 12.2 Å². The van der Waals surface area contributed by atoms with E-state index in [9.17, 15) is 4.79 Å². The van der Waals surface area contributed by atoms with Crippen molar-refractivity contribution in [2.45, 2.75) is 13.8 Å². The van der Waals surface area contributed by atoms with Crippen LogP contribution in [0, 0.1) is 13.8 Å². The fourth-order valence-corrected chi connectivity index (χ4v) is 1.47. The lowest BCUT2D eigenvalue weighted by Gasteiger charge is -1.86. The van der Waals surface area contributed by atoms with E-state index >= 15 is 0 Å². The first-order chi connectivity index (χ1) is 8.63. The average Bonchev–Trinajstić information content (AvgIpc) is 2.93. The molecule has 0 saturated heterocycles. The van der Waals surface area contributed by atoms with Gasteiger partial charge in [-0.3, -0.25) is 4.79 Å². The van der Waals surface area contributed by atoms with Gasteiger partial charge in [0.15, 0.2) is 5.78 Å². The average molecular weight is 242 g/mol. The number of hydrogen-bond acceptors (Lipinski definition) is 3. The second kappa shape index (κ2) is 5.36. The molecule has 3 nitrogen and oxygen atoms in total. The standard InChI is InChI=1S/C15H14O3/c1-11-3-7-14(17-11)9-5-13(16)6-10-15-8-4-12(2)18-15/h3-10H,1-2H3/b9-5-,10-6-. The van der Waals surface area contributed by atoms with Crippen LogP contribution in [0.4, 0.5) is 0 Å². The zero-order chi connectivity index (χ0) is 13.0. The van der Waals surface area contributed by atoms with E-state index in [0.717, 1.165) is 11.5 Å². The van der Waals surface area contributed by atoms with Crippen molar-refractivity contribution in [3.05, 3.63) is 59.5 Å². The summed E-state index contributed by atoms with van der Waals surface area (Å²) in [5.74, 6) is 2.87. The Morgan fingerprint density at radius 3 is 1.67 bits per heavy atom. The maximum Gasteiger partial charge on any atom is 0.178 e. The lowest BCUT2D eigenvalue weighted by atomic mass is 10.3. The highest BCUT2D eigenvalue weighted by Crippen LogP contribution is 2.09.